The summed E-state index contributed by atoms with van der Waals surface area (Å²) in [6.45, 7) is 0.950. The Morgan fingerprint density at radius 2 is 1.65 bits per heavy atom. The lowest BCUT2D eigenvalue weighted by Crippen LogP contribution is -2.48. The van der Waals surface area contributed by atoms with Crippen LogP contribution in [0, 0.1) is 0 Å². The predicted octanol–water partition coefficient (Wildman–Crippen LogP) is 3.87. The Kier molecular flexibility index (Phi) is 4.02. The molecule has 0 radical (unpaired) electrons. The van der Waals surface area contributed by atoms with Gasteiger partial charge in [0.2, 0.25) is 0 Å². The van der Waals surface area contributed by atoms with Gasteiger partial charge < -0.3 is 5.11 Å². The second kappa shape index (κ2) is 6.31. The fourth-order valence-electron chi connectivity index (χ4n) is 4.11. The molecule has 0 aromatic heterocycles. The molecule has 0 spiro atoms. The van der Waals surface area contributed by atoms with Gasteiger partial charge in [0.15, 0.2) is 0 Å². The highest BCUT2D eigenvalue weighted by molar-refractivity contribution is 5.54. The smallest absolute Gasteiger partial charge is 0.0909 e. The van der Waals surface area contributed by atoms with Crippen LogP contribution in [0.25, 0.3) is 6.08 Å². The Balaban J connectivity index is 1.55. The van der Waals surface area contributed by atoms with Gasteiger partial charge in [-0.25, -0.2) is 0 Å². The van der Waals surface area contributed by atoms with Crippen LogP contribution < -0.4 is 0 Å². The van der Waals surface area contributed by atoms with Gasteiger partial charge in [0.05, 0.1) is 6.10 Å². The molecular weight excluding hydrogens is 282 g/mol. The molecule has 2 nitrogen and oxygen atoms in total. The number of hydrogen-bond donors (Lipinski definition) is 1. The van der Waals surface area contributed by atoms with E-state index < -0.39 is 0 Å². The van der Waals surface area contributed by atoms with Gasteiger partial charge in [0.25, 0.3) is 0 Å². The topological polar surface area (TPSA) is 23.5 Å². The molecule has 2 aliphatic heterocycles. The van der Waals surface area contributed by atoms with E-state index >= 15 is 0 Å². The summed E-state index contributed by atoms with van der Waals surface area (Å²) < 4.78 is 0. The summed E-state index contributed by atoms with van der Waals surface area (Å²) in [7, 11) is 0. The number of benzene rings is 2. The molecule has 2 heteroatoms. The standard InChI is InChI=1S/C21H23NO/c23-21-18(13-16-7-3-1-4-8-16)14-19-11-12-20(21)22(19)15-17-9-5-2-6-10-17/h1-10,13,19-21,23H,11-12,14-15H2/b18-13-/t19-,20+,21+/m0/s1. The average molecular weight is 305 g/mol. The lowest BCUT2D eigenvalue weighted by Gasteiger charge is -2.39. The molecule has 1 N–H and O–H groups in total. The van der Waals surface area contributed by atoms with Gasteiger partial charge in [0, 0.05) is 18.6 Å². The molecule has 23 heavy (non-hydrogen) atoms. The van der Waals surface area contributed by atoms with Crippen LogP contribution in [0.15, 0.2) is 66.2 Å². The summed E-state index contributed by atoms with van der Waals surface area (Å²) in [6, 6.07) is 21.8. The van der Waals surface area contributed by atoms with Gasteiger partial charge in [-0.3, -0.25) is 4.90 Å². The maximum Gasteiger partial charge on any atom is 0.0909 e. The molecule has 2 fully saturated rings. The van der Waals surface area contributed by atoms with Crippen molar-refractivity contribution in [1.29, 1.82) is 0 Å². The van der Waals surface area contributed by atoms with Crippen molar-refractivity contribution in [3.8, 4) is 0 Å². The van der Waals surface area contributed by atoms with E-state index in [9.17, 15) is 5.11 Å². The maximum atomic E-state index is 10.9. The fraction of sp³-hybridized carbons (Fsp3) is 0.333. The van der Waals surface area contributed by atoms with Crippen LogP contribution in [0.5, 0.6) is 0 Å². The number of aliphatic hydroxyl groups excluding tert-OH is 1. The summed E-state index contributed by atoms with van der Waals surface area (Å²) in [6.07, 6.45) is 5.14. The lowest BCUT2D eigenvalue weighted by molar-refractivity contribution is 0.0466. The van der Waals surface area contributed by atoms with Crippen LogP contribution in [0.2, 0.25) is 0 Å². The molecule has 2 aliphatic rings. The molecule has 2 heterocycles. The van der Waals surface area contributed by atoms with Crippen molar-refractivity contribution < 1.29 is 5.11 Å². The van der Waals surface area contributed by atoms with Gasteiger partial charge in [-0.15, -0.1) is 0 Å². The monoisotopic (exact) mass is 305 g/mol. The normalized spacial score (nSPS) is 29.1. The van der Waals surface area contributed by atoms with Crippen LogP contribution in [0.3, 0.4) is 0 Å². The Morgan fingerprint density at radius 3 is 2.39 bits per heavy atom. The Bertz CT molecular complexity index is 680. The Labute approximate surface area is 138 Å². The van der Waals surface area contributed by atoms with Crippen molar-refractivity contribution in [2.75, 3.05) is 0 Å². The number of hydrogen-bond acceptors (Lipinski definition) is 2. The van der Waals surface area contributed by atoms with E-state index in [4.69, 9.17) is 0 Å². The van der Waals surface area contributed by atoms with Crippen LogP contribution in [0.1, 0.15) is 30.4 Å². The molecule has 0 saturated carbocycles. The number of nitrogens with zero attached hydrogens (tertiary/aromatic N) is 1. The zero-order chi connectivity index (χ0) is 15.6. The first kappa shape index (κ1) is 14.7. The molecule has 0 unspecified atom stereocenters. The minimum atomic E-state index is -0.335. The van der Waals surface area contributed by atoms with E-state index in [1.165, 1.54) is 23.1 Å². The van der Waals surface area contributed by atoms with Crippen molar-refractivity contribution >= 4 is 6.08 Å². The summed E-state index contributed by atoms with van der Waals surface area (Å²) in [5, 5.41) is 10.9. The van der Waals surface area contributed by atoms with Gasteiger partial charge in [-0.05, 0) is 36.0 Å². The third-order valence-electron chi connectivity index (χ3n) is 5.27. The number of fused-ring (bicyclic) bond motifs is 2. The zero-order valence-electron chi connectivity index (χ0n) is 13.3. The van der Waals surface area contributed by atoms with Crippen LogP contribution >= 0.6 is 0 Å². The second-order valence-corrected chi connectivity index (χ2v) is 6.74. The van der Waals surface area contributed by atoms with E-state index in [-0.39, 0.29) is 12.1 Å². The van der Waals surface area contributed by atoms with Crippen LogP contribution in [-0.2, 0) is 6.54 Å². The van der Waals surface area contributed by atoms with Gasteiger partial charge in [-0.1, -0.05) is 66.7 Å². The van der Waals surface area contributed by atoms with Crippen LogP contribution in [0.4, 0.5) is 0 Å². The first-order valence-corrected chi connectivity index (χ1v) is 8.54. The van der Waals surface area contributed by atoms with Gasteiger partial charge in [-0.2, -0.15) is 0 Å². The van der Waals surface area contributed by atoms with E-state index in [1.807, 2.05) is 6.07 Å². The number of piperidine rings is 1. The molecule has 2 saturated heterocycles. The van der Waals surface area contributed by atoms with Gasteiger partial charge >= 0.3 is 0 Å². The molecule has 2 aromatic carbocycles. The lowest BCUT2D eigenvalue weighted by atomic mass is 9.91. The minimum Gasteiger partial charge on any atom is -0.387 e. The summed E-state index contributed by atoms with van der Waals surface area (Å²) in [5.41, 5.74) is 3.73. The fourth-order valence-corrected chi connectivity index (χ4v) is 4.11. The van der Waals surface area contributed by atoms with Crippen molar-refractivity contribution in [2.24, 2.45) is 0 Å². The molecule has 4 rings (SSSR count). The van der Waals surface area contributed by atoms with E-state index in [0.717, 1.165) is 19.4 Å². The molecule has 0 amide bonds. The molecule has 2 aromatic rings. The highest BCUT2D eigenvalue weighted by atomic mass is 16.3. The summed E-state index contributed by atoms with van der Waals surface area (Å²) >= 11 is 0. The molecule has 0 aliphatic carbocycles. The highest BCUT2D eigenvalue weighted by Gasteiger charge is 2.43. The van der Waals surface area contributed by atoms with Crippen molar-refractivity contribution in [3.63, 3.8) is 0 Å². The van der Waals surface area contributed by atoms with E-state index in [1.54, 1.807) is 0 Å². The van der Waals surface area contributed by atoms with Crippen molar-refractivity contribution in [3.05, 3.63) is 77.4 Å². The first-order chi connectivity index (χ1) is 11.3. The maximum absolute atomic E-state index is 10.9. The second-order valence-electron chi connectivity index (χ2n) is 6.74. The quantitative estimate of drug-likeness (QED) is 0.930. The average Bonchev–Trinajstić information content (AvgIpc) is 2.90. The van der Waals surface area contributed by atoms with Crippen molar-refractivity contribution in [1.82, 2.24) is 4.90 Å². The van der Waals surface area contributed by atoms with E-state index in [2.05, 4.69) is 65.6 Å². The minimum absolute atomic E-state index is 0.268. The Hall–Kier alpha value is -1.90. The van der Waals surface area contributed by atoms with Crippen molar-refractivity contribution in [2.45, 2.75) is 44.0 Å². The van der Waals surface area contributed by atoms with Gasteiger partial charge in [0.1, 0.15) is 0 Å². The van der Waals surface area contributed by atoms with E-state index in [0.29, 0.717) is 6.04 Å². The molecule has 3 atom stereocenters. The molecule has 118 valence electrons. The largest absolute Gasteiger partial charge is 0.387 e. The number of rotatable bonds is 3. The number of aliphatic hydroxyl groups is 1. The third-order valence-corrected chi connectivity index (χ3v) is 5.27. The highest BCUT2D eigenvalue weighted by Crippen LogP contribution is 2.40. The molecule has 2 bridgehead atoms. The summed E-state index contributed by atoms with van der Waals surface area (Å²) in [4.78, 5) is 2.52. The predicted molar refractivity (Wildman–Crippen MR) is 93.8 cm³/mol. The summed E-state index contributed by atoms with van der Waals surface area (Å²) in [5.74, 6) is 0. The SMILES string of the molecule is O[C@@H]1/C(=C\c2ccccc2)C[C@@H]2CC[C@H]1N2Cc1ccccc1. The Morgan fingerprint density at radius 1 is 0.957 bits per heavy atom. The zero-order valence-corrected chi connectivity index (χ0v) is 13.3. The van der Waals surface area contributed by atoms with Crippen LogP contribution in [-0.4, -0.2) is 28.2 Å². The first-order valence-electron chi connectivity index (χ1n) is 8.54. The molecular formula is C21H23NO. The third kappa shape index (κ3) is 2.97.